The van der Waals surface area contributed by atoms with Crippen LogP contribution in [0.4, 0.5) is 21.8 Å². The molecule has 0 radical (unpaired) electrons. The third-order valence-corrected chi connectivity index (χ3v) is 2.59. The van der Waals surface area contributed by atoms with Gasteiger partial charge in [0.2, 0.25) is 5.95 Å². The minimum absolute atomic E-state index is 0.288. The lowest BCUT2D eigenvalue weighted by atomic mass is 10.3. The molecule has 0 bridgehead atoms. The number of nitrogens with zero attached hydrogens (tertiary/aromatic N) is 2. The first kappa shape index (κ1) is 13.8. The van der Waals surface area contributed by atoms with Gasteiger partial charge >= 0.3 is 0 Å². The average Bonchev–Trinajstić information content (AvgIpc) is 2.47. The van der Waals surface area contributed by atoms with Gasteiger partial charge in [0, 0.05) is 12.2 Å². The van der Waals surface area contributed by atoms with E-state index in [0.717, 1.165) is 13.0 Å². The summed E-state index contributed by atoms with van der Waals surface area (Å²) in [4.78, 5) is 8.47. The predicted octanol–water partition coefficient (Wildman–Crippen LogP) is 3.16. The highest BCUT2D eigenvalue weighted by atomic mass is 19.1. The number of hydrogen-bond acceptors (Lipinski definition) is 4. The van der Waals surface area contributed by atoms with Crippen molar-refractivity contribution < 1.29 is 4.39 Å². The van der Waals surface area contributed by atoms with E-state index < -0.39 is 0 Å². The lowest BCUT2D eigenvalue weighted by Crippen LogP contribution is -2.07. The van der Waals surface area contributed by atoms with Gasteiger partial charge in [-0.3, -0.25) is 0 Å². The standard InChI is InChI=1S/C15H15FN4/c1-3-9-17-14-11(4-2)10-18-15(20-14)19-13-7-5-12(16)6-8-13/h2,5-8,10H,3,9H2,1H3,(H2,17,18,19,20). The molecule has 20 heavy (non-hydrogen) atoms. The third kappa shape index (κ3) is 3.45. The van der Waals surface area contributed by atoms with Gasteiger partial charge < -0.3 is 10.6 Å². The second-order valence-electron chi connectivity index (χ2n) is 4.16. The number of benzene rings is 1. The van der Waals surface area contributed by atoms with Crippen LogP contribution in [0.1, 0.15) is 18.9 Å². The van der Waals surface area contributed by atoms with Crippen molar-refractivity contribution in [1.29, 1.82) is 0 Å². The fraction of sp³-hybridized carbons (Fsp3) is 0.200. The summed E-state index contributed by atoms with van der Waals surface area (Å²) in [5.74, 6) is 3.28. The van der Waals surface area contributed by atoms with Gasteiger partial charge in [-0.15, -0.1) is 6.42 Å². The van der Waals surface area contributed by atoms with E-state index in [2.05, 4.69) is 33.4 Å². The summed E-state index contributed by atoms with van der Waals surface area (Å²) < 4.78 is 12.8. The summed E-state index contributed by atoms with van der Waals surface area (Å²) in [5, 5.41) is 6.16. The lowest BCUT2D eigenvalue weighted by molar-refractivity contribution is 0.628. The smallest absolute Gasteiger partial charge is 0.229 e. The Balaban J connectivity index is 2.20. The largest absolute Gasteiger partial charge is 0.369 e. The Morgan fingerprint density at radius 2 is 2.05 bits per heavy atom. The van der Waals surface area contributed by atoms with Crippen LogP contribution in [0.2, 0.25) is 0 Å². The van der Waals surface area contributed by atoms with Crippen molar-refractivity contribution in [2.24, 2.45) is 0 Å². The quantitative estimate of drug-likeness (QED) is 0.819. The maximum atomic E-state index is 12.8. The Morgan fingerprint density at radius 1 is 1.30 bits per heavy atom. The highest BCUT2D eigenvalue weighted by Gasteiger charge is 2.05. The van der Waals surface area contributed by atoms with E-state index in [1.807, 2.05) is 0 Å². The van der Waals surface area contributed by atoms with Gasteiger partial charge in [0.1, 0.15) is 11.6 Å². The number of halogens is 1. The molecule has 1 heterocycles. The van der Waals surface area contributed by atoms with E-state index >= 15 is 0 Å². The molecule has 102 valence electrons. The Bertz CT molecular complexity index is 617. The second-order valence-corrected chi connectivity index (χ2v) is 4.16. The molecule has 0 spiro atoms. The molecule has 5 heteroatoms. The fourth-order valence-electron chi connectivity index (χ4n) is 1.59. The number of anilines is 3. The molecule has 0 atom stereocenters. The van der Waals surface area contributed by atoms with Gasteiger partial charge in [0.15, 0.2) is 0 Å². The number of terminal acetylenes is 1. The Hall–Kier alpha value is -2.61. The van der Waals surface area contributed by atoms with Gasteiger partial charge in [0.05, 0.1) is 11.8 Å². The molecule has 0 saturated heterocycles. The zero-order valence-electron chi connectivity index (χ0n) is 11.2. The first-order chi connectivity index (χ1) is 9.72. The van der Waals surface area contributed by atoms with Crippen molar-refractivity contribution in [2.75, 3.05) is 17.2 Å². The minimum atomic E-state index is -0.288. The van der Waals surface area contributed by atoms with Crippen LogP contribution in [0.25, 0.3) is 0 Å². The van der Waals surface area contributed by atoms with Crippen LogP contribution < -0.4 is 10.6 Å². The van der Waals surface area contributed by atoms with Gasteiger partial charge in [0.25, 0.3) is 0 Å². The Kier molecular flexibility index (Phi) is 4.51. The molecule has 0 fully saturated rings. The first-order valence-electron chi connectivity index (χ1n) is 6.33. The molecule has 0 unspecified atom stereocenters. The van der Waals surface area contributed by atoms with E-state index in [1.165, 1.54) is 12.1 Å². The molecular formula is C15H15FN4. The van der Waals surface area contributed by atoms with Gasteiger partial charge in [-0.25, -0.2) is 9.37 Å². The molecule has 0 aliphatic rings. The van der Waals surface area contributed by atoms with Crippen molar-refractivity contribution in [3.63, 3.8) is 0 Å². The summed E-state index contributed by atoms with van der Waals surface area (Å²) in [5.41, 5.74) is 1.32. The summed E-state index contributed by atoms with van der Waals surface area (Å²) in [7, 11) is 0. The van der Waals surface area contributed by atoms with Crippen molar-refractivity contribution in [3.05, 3.63) is 41.8 Å². The Morgan fingerprint density at radius 3 is 2.70 bits per heavy atom. The molecule has 2 rings (SSSR count). The molecular weight excluding hydrogens is 255 g/mol. The maximum Gasteiger partial charge on any atom is 0.229 e. The van der Waals surface area contributed by atoms with E-state index in [4.69, 9.17) is 6.42 Å². The topological polar surface area (TPSA) is 49.8 Å². The molecule has 0 amide bonds. The highest BCUT2D eigenvalue weighted by Crippen LogP contribution is 2.17. The van der Waals surface area contributed by atoms with E-state index in [0.29, 0.717) is 23.0 Å². The van der Waals surface area contributed by atoms with E-state index in [1.54, 1.807) is 18.3 Å². The lowest BCUT2D eigenvalue weighted by Gasteiger charge is -2.09. The number of aromatic nitrogens is 2. The normalized spacial score (nSPS) is 9.85. The van der Waals surface area contributed by atoms with Crippen LogP contribution in [-0.2, 0) is 0 Å². The summed E-state index contributed by atoms with van der Waals surface area (Å²) in [6.07, 6.45) is 7.96. The summed E-state index contributed by atoms with van der Waals surface area (Å²) >= 11 is 0. The van der Waals surface area contributed by atoms with Gasteiger partial charge in [-0.1, -0.05) is 12.8 Å². The highest BCUT2D eigenvalue weighted by molar-refractivity contribution is 5.58. The second kappa shape index (κ2) is 6.53. The number of rotatable bonds is 5. The van der Waals surface area contributed by atoms with Crippen LogP contribution in [0, 0.1) is 18.2 Å². The van der Waals surface area contributed by atoms with Crippen LogP contribution in [-0.4, -0.2) is 16.5 Å². The van der Waals surface area contributed by atoms with Crippen molar-refractivity contribution in [3.8, 4) is 12.3 Å². The first-order valence-corrected chi connectivity index (χ1v) is 6.33. The molecule has 0 aliphatic carbocycles. The molecule has 1 aromatic carbocycles. The zero-order chi connectivity index (χ0) is 14.4. The van der Waals surface area contributed by atoms with Gasteiger partial charge in [-0.2, -0.15) is 4.98 Å². The average molecular weight is 270 g/mol. The molecule has 1 aromatic heterocycles. The predicted molar refractivity (Wildman–Crippen MR) is 78.4 cm³/mol. The van der Waals surface area contributed by atoms with Crippen molar-refractivity contribution in [2.45, 2.75) is 13.3 Å². The van der Waals surface area contributed by atoms with Crippen LogP contribution in [0.15, 0.2) is 30.5 Å². The van der Waals surface area contributed by atoms with E-state index in [9.17, 15) is 4.39 Å². The van der Waals surface area contributed by atoms with Crippen molar-refractivity contribution >= 4 is 17.5 Å². The minimum Gasteiger partial charge on any atom is -0.369 e. The molecule has 2 aromatic rings. The molecule has 4 nitrogen and oxygen atoms in total. The monoisotopic (exact) mass is 270 g/mol. The van der Waals surface area contributed by atoms with Crippen LogP contribution in [0.5, 0.6) is 0 Å². The number of nitrogens with one attached hydrogen (secondary N) is 2. The van der Waals surface area contributed by atoms with Crippen LogP contribution in [0.3, 0.4) is 0 Å². The molecule has 0 aliphatic heterocycles. The fourth-order valence-corrected chi connectivity index (χ4v) is 1.59. The molecule has 2 N–H and O–H groups in total. The SMILES string of the molecule is C#Cc1cnc(Nc2ccc(F)cc2)nc1NCCC. The Labute approximate surface area is 117 Å². The van der Waals surface area contributed by atoms with Crippen molar-refractivity contribution in [1.82, 2.24) is 9.97 Å². The molecule has 0 saturated carbocycles. The third-order valence-electron chi connectivity index (χ3n) is 2.59. The van der Waals surface area contributed by atoms with Gasteiger partial charge in [-0.05, 0) is 30.7 Å². The zero-order valence-corrected chi connectivity index (χ0v) is 11.2. The van der Waals surface area contributed by atoms with E-state index in [-0.39, 0.29) is 5.82 Å². The summed E-state index contributed by atoms with van der Waals surface area (Å²) in [6, 6.07) is 5.97. The maximum absolute atomic E-state index is 12.8. The summed E-state index contributed by atoms with van der Waals surface area (Å²) in [6.45, 7) is 2.84. The van der Waals surface area contributed by atoms with Crippen LogP contribution >= 0.6 is 0 Å². The number of hydrogen-bond donors (Lipinski definition) is 2.